The lowest BCUT2D eigenvalue weighted by Gasteiger charge is -2.12. The summed E-state index contributed by atoms with van der Waals surface area (Å²) in [5.41, 5.74) is 2.43. The first-order chi connectivity index (χ1) is 13.3. The number of nitrogens with zero attached hydrogens (tertiary/aromatic N) is 4. The van der Waals surface area contributed by atoms with Crippen LogP contribution in [0.4, 0.5) is 34.4 Å². The van der Waals surface area contributed by atoms with Gasteiger partial charge in [0.15, 0.2) is 0 Å². The van der Waals surface area contributed by atoms with E-state index in [1.165, 1.54) is 24.5 Å². The number of nitro groups is 2. The Morgan fingerprint density at radius 3 is 2.25 bits per heavy atom. The number of hydrogen-bond donors (Lipinski definition) is 2. The molecule has 2 N–H and O–H groups in total. The molecule has 0 aliphatic rings. The van der Waals surface area contributed by atoms with Crippen molar-refractivity contribution < 1.29 is 9.85 Å². The molecule has 1 aromatic heterocycles. The molecule has 0 bridgehead atoms. The SMILES string of the molecule is Cc1ccc(Nc2ncnc(Nc3cccc([N+](=O)[O-])c3)c2[N+](=O)[O-])c(C)c1. The third-order valence-electron chi connectivity index (χ3n) is 3.96. The molecule has 0 atom stereocenters. The van der Waals surface area contributed by atoms with Crippen molar-refractivity contribution in [3.05, 3.63) is 80.1 Å². The predicted molar refractivity (Wildman–Crippen MR) is 104 cm³/mol. The van der Waals surface area contributed by atoms with E-state index >= 15 is 0 Å². The maximum Gasteiger partial charge on any atom is 0.353 e. The first kappa shape index (κ1) is 18.7. The van der Waals surface area contributed by atoms with Crippen molar-refractivity contribution >= 4 is 34.4 Å². The minimum Gasteiger partial charge on any atom is -0.334 e. The van der Waals surface area contributed by atoms with Crippen LogP contribution in [0, 0.1) is 34.1 Å². The molecule has 0 saturated carbocycles. The number of nitrogens with one attached hydrogen (secondary N) is 2. The summed E-state index contributed by atoms with van der Waals surface area (Å²) in [7, 11) is 0. The first-order valence-electron chi connectivity index (χ1n) is 8.20. The summed E-state index contributed by atoms with van der Waals surface area (Å²) in [6.45, 7) is 3.83. The molecule has 28 heavy (non-hydrogen) atoms. The van der Waals surface area contributed by atoms with Crippen molar-refractivity contribution in [1.82, 2.24) is 9.97 Å². The number of nitro benzene ring substituents is 1. The third-order valence-corrected chi connectivity index (χ3v) is 3.96. The predicted octanol–water partition coefficient (Wildman–Crippen LogP) is 4.40. The zero-order valence-electron chi connectivity index (χ0n) is 15.0. The number of hydrogen-bond acceptors (Lipinski definition) is 8. The molecule has 2 aromatic carbocycles. The van der Waals surface area contributed by atoms with Crippen LogP contribution in [0.15, 0.2) is 48.8 Å². The van der Waals surface area contributed by atoms with Gasteiger partial charge in [-0.1, -0.05) is 23.8 Å². The monoisotopic (exact) mass is 380 g/mol. The van der Waals surface area contributed by atoms with E-state index in [9.17, 15) is 20.2 Å². The Labute approximate surface area is 159 Å². The van der Waals surface area contributed by atoms with Crippen LogP contribution < -0.4 is 10.6 Å². The maximum atomic E-state index is 11.7. The van der Waals surface area contributed by atoms with Crippen LogP contribution in [0.1, 0.15) is 11.1 Å². The quantitative estimate of drug-likeness (QED) is 0.474. The summed E-state index contributed by atoms with van der Waals surface area (Å²) in [5, 5.41) is 28.3. The zero-order valence-corrected chi connectivity index (χ0v) is 15.0. The maximum absolute atomic E-state index is 11.7. The number of non-ortho nitro benzene ring substituents is 1. The Morgan fingerprint density at radius 1 is 0.893 bits per heavy atom. The molecule has 3 aromatic rings. The van der Waals surface area contributed by atoms with Gasteiger partial charge in [-0.15, -0.1) is 0 Å². The van der Waals surface area contributed by atoms with Gasteiger partial charge in [0.1, 0.15) is 6.33 Å². The van der Waals surface area contributed by atoms with Gasteiger partial charge in [0.25, 0.3) is 5.69 Å². The van der Waals surface area contributed by atoms with Gasteiger partial charge in [-0.05, 0) is 31.5 Å². The minimum absolute atomic E-state index is 0.0138. The average molecular weight is 380 g/mol. The van der Waals surface area contributed by atoms with Crippen LogP contribution in [-0.4, -0.2) is 19.8 Å². The number of aryl methyl sites for hydroxylation is 2. The fourth-order valence-corrected chi connectivity index (χ4v) is 2.65. The molecule has 3 rings (SSSR count). The highest BCUT2D eigenvalue weighted by molar-refractivity contribution is 5.77. The Kier molecular flexibility index (Phi) is 5.12. The standard InChI is InChI=1S/C18H16N6O4/c1-11-6-7-15(12(2)8-11)22-18-16(24(27)28)17(19-10-20-18)21-13-4-3-5-14(9-13)23(25)26/h3-10H,1-2H3,(H2,19,20,21,22). The van der Waals surface area contributed by atoms with Crippen LogP contribution in [0.25, 0.3) is 0 Å². The van der Waals surface area contributed by atoms with E-state index in [2.05, 4.69) is 20.6 Å². The van der Waals surface area contributed by atoms with Gasteiger partial charge in [-0.25, -0.2) is 9.97 Å². The number of anilines is 4. The molecule has 142 valence electrons. The Balaban J connectivity index is 1.99. The normalized spacial score (nSPS) is 10.4. The summed E-state index contributed by atoms with van der Waals surface area (Å²) in [5.74, 6) is -0.0624. The summed E-state index contributed by atoms with van der Waals surface area (Å²) in [6.07, 6.45) is 1.18. The molecule has 0 aliphatic heterocycles. The molecule has 0 aliphatic carbocycles. The van der Waals surface area contributed by atoms with Crippen molar-refractivity contribution in [3.8, 4) is 0 Å². The van der Waals surface area contributed by atoms with Gasteiger partial charge in [-0.2, -0.15) is 0 Å². The van der Waals surface area contributed by atoms with Crippen LogP contribution in [0.3, 0.4) is 0 Å². The van der Waals surface area contributed by atoms with Crippen molar-refractivity contribution in [1.29, 1.82) is 0 Å². The van der Waals surface area contributed by atoms with E-state index < -0.39 is 9.85 Å². The molecule has 10 heteroatoms. The average Bonchev–Trinajstić information content (AvgIpc) is 2.64. The van der Waals surface area contributed by atoms with Crippen molar-refractivity contribution in [2.75, 3.05) is 10.6 Å². The van der Waals surface area contributed by atoms with Crippen LogP contribution in [0.5, 0.6) is 0 Å². The van der Waals surface area contributed by atoms with Gasteiger partial charge in [0.05, 0.1) is 9.85 Å². The molecule has 10 nitrogen and oxygen atoms in total. The summed E-state index contributed by atoms with van der Waals surface area (Å²) in [6, 6.07) is 11.3. The molecule has 0 fully saturated rings. The second kappa shape index (κ2) is 7.66. The highest BCUT2D eigenvalue weighted by Gasteiger charge is 2.24. The lowest BCUT2D eigenvalue weighted by Crippen LogP contribution is -2.06. The fraction of sp³-hybridized carbons (Fsp3) is 0.111. The molecule has 0 radical (unpaired) electrons. The van der Waals surface area contributed by atoms with E-state index in [1.54, 1.807) is 6.07 Å². The smallest absolute Gasteiger partial charge is 0.334 e. The van der Waals surface area contributed by atoms with E-state index in [4.69, 9.17) is 0 Å². The summed E-state index contributed by atoms with van der Waals surface area (Å²) < 4.78 is 0. The van der Waals surface area contributed by atoms with Crippen LogP contribution in [-0.2, 0) is 0 Å². The van der Waals surface area contributed by atoms with Crippen molar-refractivity contribution in [2.24, 2.45) is 0 Å². The Morgan fingerprint density at radius 2 is 1.61 bits per heavy atom. The second-order valence-electron chi connectivity index (χ2n) is 6.05. The van der Waals surface area contributed by atoms with Crippen LogP contribution >= 0.6 is 0 Å². The molecule has 0 spiro atoms. The molecule has 1 heterocycles. The van der Waals surface area contributed by atoms with Crippen molar-refractivity contribution in [3.63, 3.8) is 0 Å². The molecular formula is C18H16N6O4. The van der Waals surface area contributed by atoms with Crippen molar-refractivity contribution in [2.45, 2.75) is 13.8 Å². The van der Waals surface area contributed by atoms with E-state index in [0.717, 1.165) is 11.1 Å². The van der Waals surface area contributed by atoms with E-state index in [1.807, 2.05) is 32.0 Å². The van der Waals surface area contributed by atoms with Crippen LogP contribution in [0.2, 0.25) is 0 Å². The first-order valence-corrected chi connectivity index (χ1v) is 8.20. The number of benzene rings is 2. The van der Waals surface area contributed by atoms with Gasteiger partial charge in [-0.3, -0.25) is 20.2 Å². The highest BCUT2D eigenvalue weighted by atomic mass is 16.6. The Bertz CT molecular complexity index is 1070. The van der Waals surface area contributed by atoms with Gasteiger partial charge < -0.3 is 10.6 Å². The zero-order chi connectivity index (χ0) is 20.3. The largest absolute Gasteiger partial charge is 0.353 e. The van der Waals surface area contributed by atoms with Gasteiger partial charge >= 0.3 is 5.69 Å². The minimum atomic E-state index is -0.606. The molecule has 0 saturated heterocycles. The Hall–Kier alpha value is -4.08. The topological polar surface area (TPSA) is 136 Å². The summed E-state index contributed by atoms with van der Waals surface area (Å²) in [4.78, 5) is 29.4. The second-order valence-corrected chi connectivity index (χ2v) is 6.05. The lowest BCUT2D eigenvalue weighted by molar-refractivity contribution is -0.384. The van der Waals surface area contributed by atoms with E-state index in [-0.39, 0.29) is 23.0 Å². The fourth-order valence-electron chi connectivity index (χ4n) is 2.65. The summed E-state index contributed by atoms with van der Waals surface area (Å²) >= 11 is 0. The third kappa shape index (κ3) is 4.01. The number of rotatable bonds is 6. The van der Waals surface area contributed by atoms with Gasteiger partial charge in [0, 0.05) is 23.5 Å². The number of aromatic nitrogens is 2. The molecule has 0 unspecified atom stereocenters. The molecular weight excluding hydrogens is 364 g/mol. The highest BCUT2D eigenvalue weighted by Crippen LogP contribution is 2.34. The lowest BCUT2D eigenvalue weighted by atomic mass is 10.1. The van der Waals surface area contributed by atoms with E-state index in [0.29, 0.717) is 11.4 Å². The molecule has 0 amide bonds. The van der Waals surface area contributed by atoms with Gasteiger partial charge in [0.2, 0.25) is 11.6 Å².